The van der Waals surface area contributed by atoms with Crippen LogP contribution in [0.4, 0.5) is 0 Å². The Morgan fingerprint density at radius 2 is 1.88 bits per heavy atom. The first kappa shape index (κ1) is 24.4. The van der Waals surface area contributed by atoms with Crippen LogP contribution in [0.15, 0.2) is 67.3 Å². The highest BCUT2D eigenvalue weighted by molar-refractivity contribution is 6.35. The zero-order valence-corrected chi connectivity index (χ0v) is 20.4. The Kier molecular flexibility index (Phi) is 9.22. The van der Waals surface area contributed by atoms with Crippen molar-refractivity contribution < 1.29 is 14.0 Å². The van der Waals surface area contributed by atoms with Crippen molar-refractivity contribution in [3.8, 4) is 5.75 Å². The van der Waals surface area contributed by atoms with Gasteiger partial charge < -0.3 is 9.47 Å². The summed E-state index contributed by atoms with van der Waals surface area (Å²) >= 11 is 12.6. The number of ether oxygens (including phenoxy) is 2. The second-order valence-corrected chi connectivity index (χ2v) is 8.64. The predicted molar refractivity (Wildman–Crippen MR) is 131 cm³/mol. The third-order valence-corrected chi connectivity index (χ3v) is 5.84. The van der Waals surface area contributed by atoms with Gasteiger partial charge in [-0.2, -0.15) is 0 Å². The van der Waals surface area contributed by atoms with Crippen LogP contribution >= 0.6 is 23.2 Å². The number of rotatable bonds is 11. The maximum atomic E-state index is 6.48. The molecule has 0 N–H and O–H groups in total. The summed E-state index contributed by atoms with van der Waals surface area (Å²) in [6.45, 7) is 8.80. The monoisotopic (exact) mass is 473 g/mol. The summed E-state index contributed by atoms with van der Waals surface area (Å²) < 4.78 is 16.5. The van der Waals surface area contributed by atoms with Crippen LogP contribution in [0.2, 0.25) is 10.0 Å². The van der Waals surface area contributed by atoms with Crippen molar-refractivity contribution in [3.05, 3.63) is 94.0 Å². The molecule has 4 nitrogen and oxygen atoms in total. The number of allylic oxidation sites excluding steroid dienone is 1. The number of aromatic nitrogens is 2. The zero-order chi connectivity index (χ0) is 22.9. The van der Waals surface area contributed by atoms with Gasteiger partial charge in [0.25, 0.3) is 0 Å². The minimum atomic E-state index is -0.170. The Morgan fingerprint density at radius 3 is 2.59 bits per heavy atom. The number of hydrogen-bond acceptors (Lipinski definition) is 2. The molecule has 0 aliphatic carbocycles. The fourth-order valence-corrected chi connectivity index (χ4v) is 4.13. The van der Waals surface area contributed by atoms with E-state index >= 15 is 0 Å². The quantitative estimate of drug-likeness (QED) is 0.180. The molecule has 1 aromatic heterocycles. The zero-order valence-electron chi connectivity index (χ0n) is 18.9. The molecule has 1 unspecified atom stereocenters. The van der Waals surface area contributed by atoms with Crippen molar-refractivity contribution in [2.75, 3.05) is 13.2 Å². The van der Waals surface area contributed by atoms with Crippen LogP contribution < -0.4 is 9.30 Å². The van der Waals surface area contributed by atoms with Crippen molar-refractivity contribution in [1.82, 2.24) is 4.57 Å². The Bertz CT molecular complexity index is 1030. The lowest BCUT2D eigenvalue weighted by molar-refractivity contribution is -0.704. The predicted octanol–water partition coefficient (Wildman–Crippen LogP) is 6.50. The molecule has 0 fully saturated rings. The average Bonchev–Trinajstić information content (AvgIpc) is 3.20. The smallest absolute Gasteiger partial charge is 0.243 e. The normalized spacial score (nSPS) is 12.4. The van der Waals surface area contributed by atoms with Gasteiger partial charge in [-0.3, -0.25) is 0 Å². The van der Waals surface area contributed by atoms with Crippen LogP contribution in [0.3, 0.4) is 0 Å². The lowest BCUT2D eigenvalue weighted by Gasteiger charge is -2.18. The summed E-state index contributed by atoms with van der Waals surface area (Å²) in [5, 5.41) is 1.24. The van der Waals surface area contributed by atoms with Gasteiger partial charge in [-0.05, 0) is 50.5 Å². The topological polar surface area (TPSA) is 27.3 Å². The van der Waals surface area contributed by atoms with Crippen LogP contribution in [0.25, 0.3) is 0 Å². The molecule has 6 heteroatoms. The standard InChI is InChI=1S/C26H31Cl2N2O2/c1-4-5-6-15-31-25(23-11-10-22(27)17-24(23)28)18-30-13-12-29(19-30)14-16-32-26-20(2)8-7-9-21(26)3/h4-5,7-13,17,19,25H,6,14-16,18H2,1-3H3/q+1. The summed E-state index contributed by atoms with van der Waals surface area (Å²) in [4.78, 5) is 0. The van der Waals surface area contributed by atoms with Gasteiger partial charge in [0.05, 0.1) is 6.61 Å². The Labute approximate surface area is 201 Å². The largest absolute Gasteiger partial charge is 0.489 e. The molecule has 0 saturated carbocycles. The molecule has 0 aliphatic heterocycles. The molecule has 3 rings (SSSR count). The van der Waals surface area contributed by atoms with Gasteiger partial charge in [-0.25, -0.2) is 9.13 Å². The van der Waals surface area contributed by atoms with E-state index in [0.717, 1.165) is 35.4 Å². The Hall–Kier alpha value is -2.27. The second kappa shape index (κ2) is 12.1. The molecule has 0 aliphatic rings. The highest BCUT2D eigenvalue weighted by Crippen LogP contribution is 2.29. The van der Waals surface area contributed by atoms with Gasteiger partial charge in [-0.15, -0.1) is 0 Å². The van der Waals surface area contributed by atoms with Crippen LogP contribution in [0, 0.1) is 13.8 Å². The second-order valence-electron chi connectivity index (χ2n) is 7.80. The number of nitrogens with zero attached hydrogens (tertiary/aromatic N) is 2. The lowest BCUT2D eigenvalue weighted by atomic mass is 10.1. The van der Waals surface area contributed by atoms with E-state index in [0.29, 0.717) is 29.8 Å². The Morgan fingerprint density at radius 1 is 1.09 bits per heavy atom. The third kappa shape index (κ3) is 6.86. The number of halogens is 2. The number of imidazole rings is 1. The van der Waals surface area contributed by atoms with Crippen molar-refractivity contribution >= 4 is 23.2 Å². The van der Waals surface area contributed by atoms with Crippen molar-refractivity contribution in [1.29, 1.82) is 0 Å². The van der Waals surface area contributed by atoms with Crippen LogP contribution in [-0.4, -0.2) is 17.8 Å². The molecule has 3 aromatic rings. The molecule has 0 saturated heterocycles. The number of hydrogen-bond donors (Lipinski definition) is 0. The first-order valence-corrected chi connectivity index (χ1v) is 11.6. The summed E-state index contributed by atoms with van der Waals surface area (Å²) in [5.74, 6) is 0.972. The summed E-state index contributed by atoms with van der Waals surface area (Å²) in [6.07, 6.45) is 11.0. The van der Waals surface area contributed by atoms with E-state index in [1.807, 2.05) is 31.3 Å². The number of benzene rings is 2. The van der Waals surface area contributed by atoms with Gasteiger partial charge >= 0.3 is 0 Å². The SMILES string of the molecule is CC=CCCOC(C[n+]1ccn(CCOc2c(C)cccc2C)c1)c1ccc(Cl)cc1Cl. The third-order valence-electron chi connectivity index (χ3n) is 5.28. The molecular weight excluding hydrogens is 443 g/mol. The molecular formula is C26H31Cl2N2O2+. The van der Waals surface area contributed by atoms with Crippen LogP contribution in [0.5, 0.6) is 5.75 Å². The minimum absolute atomic E-state index is 0.170. The first-order valence-electron chi connectivity index (χ1n) is 10.9. The van der Waals surface area contributed by atoms with E-state index in [9.17, 15) is 0 Å². The maximum Gasteiger partial charge on any atom is 0.243 e. The van der Waals surface area contributed by atoms with Crippen molar-refractivity contribution in [2.45, 2.75) is 46.4 Å². The first-order chi connectivity index (χ1) is 15.5. The van der Waals surface area contributed by atoms with Crippen LogP contribution in [0.1, 0.15) is 36.1 Å². The van der Waals surface area contributed by atoms with Gasteiger partial charge in [0.1, 0.15) is 43.9 Å². The van der Waals surface area contributed by atoms with Gasteiger partial charge in [-0.1, -0.05) is 59.6 Å². The van der Waals surface area contributed by atoms with Crippen LogP contribution in [-0.2, 0) is 17.8 Å². The highest BCUT2D eigenvalue weighted by Gasteiger charge is 2.19. The fourth-order valence-electron chi connectivity index (χ4n) is 3.60. The fraction of sp³-hybridized carbons (Fsp3) is 0.346. The summed E-state index contributed by atoms with van der Waals surface area (Å²) in [7, 11) is 0. The summed E-state index contributed by atoms with van der Waals surface area (Å²) in [6, 6.07) is 11.8. The van der Waals surface area contributed by atoms with Crippen molar-refractivity contribution in [2.24, 2.45) is 0 Å². The molecule has 1 atom stereocenters. The van der Waals surface area contributed by atoms with E-state index in [1.54, 1.807) is 6.07 Å². The molecule has 0 bridgehead atoms. The van der Waals surface area contributed by atoms with E-state index < -0.39 is 0 Å². The molecule has 0 spiro atoms. The average molecular weight is 474 g/mol. The molecule has 0 radical (unpaired) electrons. The maximum absolute atomic E-state index is 6.48. The van der Waals surface area contributed by atoms with Gasteiger partial charge in [0.15, 0.2) is 0 Å². The van der Waals surface area contributed by atoms with Crippen molar-refractivity contribution in [3.63, 3.8) is 0 Å². The molecule has 2 aromatic carbocycles. The molecule has 170 valence electrons. The molecule has 0 amide bonds. The lowest BCUT2D eigenvalue weighted by Crippen LogP contribution is -2.35. The van der Waals surface area contributed by atoms with E-state index in [1.165, 1.54) is 0 Å². The van der Waals surface area contributed by atoms with Gasteiger partial charge in [0, 0.05) is 15.6 Å². The van der Waals surface area contributed by atoms with E-state index in [4.69, 9.17) is 32.7 Å². The number of aryl methyl sites for hydroxylation is 2. The summed E-state index contributed by atoms with van der Waals surface area (Å²) in [5.41, 5.74) is 3.26. The highest BCUT2D eigenvalue weighted by atomic mass is 35.5. The molecule has 1 heterocycles. The minimum Gasteiger partial charge on any atom is -0.489 e. The van der Waals surface area contributed by atoms with E-state index in [-0.39, 0.29) is 6.10 Å². The Balaban J connectivity index is 1.63. The van der Waals surface area contributed by atoms with Gasteiger partial charge in [0.2, 0.25) is 6.33 Å². The number of para-hydroxylation sites is 1. The molecule has 32 heavy (non-hydrogen) atoms. The van der Waals surface area contributed by atoms with E-state index in [2.05, 4.69) is 59.8 Å².